The van der Waals surface area contributed by atoms with E-state index in [-0.39, 0.29) is 0 Å². The average molecular weight is 447 g/mol. The van der Waals surface area contributed by atoms with Gasteiger partial charge in [0.05, 0.1) is 22.1 Å². The molecule has 0 saturated carbocycles. The van der Waals surface area contributed by atoms with Crippen molar-refractivity contribution in [2.75, 3.05) is 0 Å². The summed E-state index contributed by atoms with van der Waals surface area (Å²) in [5.74, 6) is 0. The number of nitrogens with zero attached hydrogens (tertiary/aromatic N) is 2. The summed E-state index contributed by atoms with van der Waals surface area (Å²) in [5.41, 5.74) is 8.59. The first kappa shape index (κ1) is 21.0. The Balaban J connectivity index is 1.78. The Morgan fingerprint density at radius 3 is 1.97 bits per heavy atom. The van der Waals surface area contributed by atoms with Crippen molar-refractivity contribution in [1.29, 1.82) is 0 Å². The summed E-state index contributed by atoms with van der Waals surface area (Å²) >= 11 is 6.37. The van der Waals surface area contributed by atoms with Gasteiger partial charge in [-0.1, -0.05) is 102 Å². The Hall–Kier alpha value is -3.88. The Bertz CT molecular complexity index is 1400. The summed E-state index contributed by atoms with van der Waals surface area (Å²) < 4.78 is 2.32. The zero-order chi connectivity index (χ0) is 22.6. The second-order valence-electron chi connectivity index (χ2n) is 7.95. The van der Waals surface area contributed by atoms with Crippen LogP contribution in [0.15, 0.2) is 120 Å². The summed E-state index contributed by atoms with van der Waals surface area (Å²) in [4.78, 5) is 4.75. The largest absolute Gasteiger partial charge is 0.309 e. The van der Waals surface area contributed by atoms with Crippen molar-refractivity contribution in [2.45, 2.75) is 6.92 Å². The van der Waals surface area contributed by atoms with Gasteiger partial charge in [-0.05, 0) is 48.4 Å². The van der Waals surface area contributed by atoms with Gasteiger partial charge in [-0.3, -0.25) is 4.99 Å². The molecule has 0 aliphatic rings. The van der Waals surface area contributed by atoms with Gasteiger partial charge < -0.3 is 4.57 Å². The molecular weight excluding hydrogens is 424 g/mol. The van der Waals surface area contributed by atoms with Crippen molar-refractivity contribution in [1.82, 2.24) is 4.57 Å². The topological polar surface area (TPSA) is 17.3 Å². The highest BCUT2D eigenvalue weighted by molar-refractivity contribution is 6.33. The third kappa shape index (κ3) is 4.39. The predicted octanol–water partition coefficient (Wildman–Crippen LogP) is 8.52. The van der Waals surface area contributed by atoms with Gasteiger partial charge in [0.1, 0.15) is 0 Å². The van der Waals surface area contributed by atoms with E-state index in [0.717, 1.165) is 39.5 Å². The molecule has 5 rings (SSSR count). The van der Waals surface area contributed by atoms with Crippen molar-refractivity contribution in [3.05, 3.63) is 131 Å². The first-order valence-electron chi connectivity index (χ1n) is 10.9. The van der Waals surface area contributed by atoms with E-state index >= 15 is 0 Å². The van der Waals surface area contributed by atoms with Gasteiger partial charge in [0, 0.05) is 17.5 Å². The maximum absolute atomic E-state index is 6.37. The fourth-order valence-corrected chi connectivity index (χ4v) is 4.18. The molecule has 0 N–H and O–H groups in total. The van der Waals surface area contributed by atoms with Crippen LogP contribution in [0.4, 0.5) is 5.69 Å². The van der Waals surface area contributed by atoms with Crippen LogP contribution in [0, 0.1) is 6.92 Å². The SMILES string of the molecule is Cc1ccc(-n2c(-c3ccccc3)cc(C=Nc3ccccc3Cl)c2-c2ccccc2)cc1. The molecule has 0 aliphatic carbocycles. The van der Waals surface area contributed by atoms with E-state index in [1.807, 2.05) is 42.6 Å². The molecular formula is C30H23ClN2. The van der Waals surface area contributed by atoms with Gasteiger partial charge in [-0.25, -0.2) is 0 Å². The van der Waals surface area contributed by atoms with Crippen molar-refractivity contribution in [2.24, 2.45) is 4.99 Å². The van der Waals surface area contributed by atoms with Crippen LogP contribution < -0.4 is 0 Å². The minimum absolute atomic E-state index is 0.635. The molecule has 0 saturated heterocycles. The highest BCUT2D eigenvalue weighted by Gasteiger charge is 2.18. The zero-order valence-electron chi connectivity index (χ0n) is 18.3. The highest BCUT2D eigenvalue weighted by Crippen LogP contribution is 2.36. The molecule has 0 spiro atoms. The van der Waals surface area contributed by atoms with Crippen LogP contribution in [0.5, 0.6) is 0 Å². The minimum Gasteiger partial charge on any atom is -0.309 e. The van der Waals surface area contributed by atoms with E-state index in [9.17, 15) is 0 Å². The average Bonchev–Trinajstić information content (AvgIpc) is 3.24. The van der Waals surface area contributed by atoms with Gasteiger partial charge in [0.25, 0.3) is 0 Å². The van der Waals surface area contributed by atoms with Crippen molar-refractivity contribution in [3.63, 3.8) is 0 Å². The second-order valence-corrected chi connectivity index (χ2v) is 8.35. The molecule has 160 valence electrons. The Labute approximate surface area is 199 Å². The molecule has 2 nitrogen and oxygen atoms in total. The summed E-state index contributed by atoms with van der Waals surface area (Å²) in [5, 5.41) is 0.635. The van der Waals surface area contributed by atoms with Crippen LogP contribution >= 0.6 is 11.6 Å². The van der Waals surface area contributed by atoms with E-state index in [2.05, 4.69) is 90.4 Å². The van der Waals surface area contributed by atoms with Crippen molar-refractivity contribution < 1.29 is 0 Å². The quantitative estimate of drug-likeness (QED) is 0.241. The van der Waals surface area contributed by atoms with Crippen LogP contribution in [0.25, 0.3) is 28.2 Å². The lowest BCUT2D eigenvalue weighted by Gasteiger charge is -2.15. The van der Waals surface area contributed by atoms with Crippen LogP contribution in [-0.2, 0) is 0 Å². The third-order valence-electron chi connectivity index (χ3n) is 5.63. The lowest BCUT2D eigenvalue weighted by molar-refractivity contribution is 1.09. The van der Waals surface area contributed by atoms with Gasteiger partial charge in [-0.15, -0.1) is 0 Å². The Morgan fingerprint density at radius 2 is 1.30 bits per heavy atom. The third-order valence-corrected chi connectivity index (χ3v) is 5.95. The normalized spacial score (nSPS) is 11.2. The smallest absolute Gasteiger partial charge is 0.0816 e. The molecule has 0 atom stereocenters. The number of benzene rings is 4. The number of para-hydroxylation sites is 1. The highest BCUT2D eigenvalue weighted by atomic mass is 35.5. The number of hydrogen-bond donors (Lipinski definition) is 0. The molecule has 5 aromatic rings. The second kappa shape index (κ2) is 9.32. The van der Waals surface area contributed by atoms with Crippen LogP contribution in [0.2, 0.25) is 5.02 Å². The van der Waals surface area contributed by atoms with E-state index in [0.29, 0.717) is 5.02 Å². The lowest BCUT2D eigenvalue weighted by Crippen LogP contribution is -2.00. The fourth-order valence-electron chi connectivity index (χ4n) is 4.00. The van der Waals surface area contributed by atoms with E-state index < -0.39 is 0 Å². The maximum atomic E-state index is 6.37. The summed E-state index contributed by atoms with van der Waals surface area (Å²) in [6.07, 6.45) is 1.92. The van der Waals surface area contributed by atoms with E-state index in [4.69, 9.17) is 16.6 Å². The first-order valence-corrected chi connectivity index (χ1v) is 11.3. The molecule has 4 aromatic carbocycles. The molecule has 1 aromatic heterocycles. The number of aryl methyl sites for hydroxylation is 1. The van der Waals surface area contributed by atoms with E-state index in [1.165, 1.54) is 5.56 Å². The van der Waals surface area contributed by atoms with Crippen molar-refractivity contribution in [3.8, 4) is 28.2 Å². The Morgan fingerprint density at radius 1 is 0.697 bits per heavy atom. The summed E-state index contributed by atoms with van der Waals surface area (Å²) in [6, 6.07) is 39.4. The Kier molecular flexibility index (Phi) is 5.93. The van der Waals surface area contributed by atoms with Crippen LogP contribution in [-0.4, -0.2) is 10.8 Å². The maximum Gasteiger partial charge on any atom is 0.0816 e. The molecule has 0 bridgehead atoms. The number of aliphatic imine (C=N–C) groups is 1. The van der Waals surface area contributed by atoms with Crippen LogP contribution in [0.1, 0.15) is 11.1 Å². The molecule has 1 heterocycles. The first-order chi connectivity index (χ1) is 16.2. The zero-order valence-corrected chi connectivity index (χ0v) is 19.1. The van der Waals surface area contributed by atoms with Crippen molar-refractivity contribution >= 4 is 23.5 Å². The number of rotatable bonds is 5. The summed E-state index contributed by atoms with van der Waals surface area (Å²) in [6.45, 7) is 2.11. The molecule has 3 heteroatoms. The molecule has 33 heavy (non-hydrogen) atoms. The standard InChI is InChI=1S/C30H23ClN2/c1-22-16-18-26(19-17-22)33-29(23-10-4-2-5-11-23)20-25(30(33)24-12-6-3-7-13-24)21-32-28-15-9-8-14-27(28)31/h2-21H,1H3. The van der Waals surface area contributed by atoms with Gasteiger partial charge >= 0.3 is 0 Å². The molecule has 0 fully saturated rings. The predicted molar refractivity (Wildman–Crippen MR) is 140 cm³/mol. The summed E-state index contributed by atoms with van der Waals surface area (Å²) in [7, 11) is 0. The monoisotopic (exact) mass is 446 g/mol. The molecule has 0 unspecified atom stereocenters. The number of hydrogen-bond acceptors (Lipinski definition) is 1. The van der Waals surface area contributed by atoms with Gasteiger partial charge in [0.2, 0.25) is 0 Å². The fraction of sp³-hybridized carbons (Fsp3) is 0.0333. The number of halogens is 1. The van der Waals surface area contributed by atoms with E-state index in [1.54, 1.807) is 0 Å². The van der Waals surface area contributed by atoms with Gasteiger partial charge in [0.15, 0.2) is 0 Å². The molecule has 0 aliphatic heterocycles. The lowest BCUT2D eigenvalue weighted by atomic mass is 10.1. The minimum atomic E-state index is 0.635. The van der Waals surface area contributed by atoms with Gasteiger partial charge in [-0.2, -0.15) is 0 Å². The number of aromatic nitrogens is 1. The molecule has 0 amide bonds. The van der Waals surface area contributed by atoms with Crippen LogP contribution in [0.3, 0.4) is 0 Å². The molecule has 0 radical (unpaired) electrons.